The van der Waals surface area contributed by atoms with Crippen molar-refractivity contribution < 1.29 is 27.5 Å². The summed E-state index contributed by atoms with van der Waals surface area (Å²) in [6, 6.07) is 0. The molecule has 2 fully saturated rings. The van der Waals surface area contributed by atoms with Crippen LogP contribution in [0.5, 0.6) is 0 Å². The van der Waals surface area contributed by atoms with Crippen molar-refractivity contribution in [2.24, 2.45) is 5.92 Å². The van der Waals surface area contributed by atoms with Gasteiger partial charge in [0.15, 0.2) is 0 Å². The third kappa shape index (κ3) is 2.68. The highest BCUT2D eigenvalue weighted by atomic mass is 19.4. The van der Waals surface area contributed by atoms with Crippen LogP contribution in [0.1, 0.15) is 44.4 Å². The standard InChI is InChI=1S/C15H20F3N3O3/c1-9-19-20-11(24-9)14(5-6-14)10-3-7-21(8-4-10)12(22)13(2,23)15(16,17)18/h10,23H,3-8H2,1-2H3/t13-/m1/s1. The van der Waals surface area contributed by atoms with Gasteiger partial charge in [-0.3, -0.25) is 4.79 Å². The van der Waals surface area contributed by atoms with Gasteiger partial charge in [0.05, 0.1) is 5.41 Å². The summed E-state index contributed by atoms with van der Waals surface area (Å²) in [5.74, 6) is -0.0126. The SMILES string of the molecule is Cc1nnc(C2(C3CCN(C(=O)[C@@](C)(O)C(F)(F)F)CC3)CC2)o1. The Kier molecular flexibility index (Phi) is 3.89. The van der Waals surface area contributed by atoms with Crippen molar-refractivity contribution in [3.63, 3.8) is 0 Å². The zero-order valence-electron chi connectivity index (χ0n) is 13.6. The second-order valence-electron chi connectivity index (χ2n) is 6.92. The molecule has 1 aliphatic heterocycles. The molecule has 1 amide bonds. The summed E-state index contributed by atoms with van der Waals surface area (Å²) in [7, 11) is 0. The molecule has 0 radical (unpaired) electrons. The van der Waals surface area contributed by atoms with Crippen LogP contribution in [0.4, 0.5) is 13.2 Å². The lowest BCUT2D eigenvalue weighted by Crippen LogP contribution is -2.57. The zero-order valence-corrected chi connectivity index (χ0v) is 13.6. The van der Waals surface area contributed by atoms with Crippen LogP contribution in [-0.4, -0.2) is 51.0 Å². The molecule has 134 valence electrons. The molecule has 9 heteroatoms. The zero-order chi connectivity index (χ0) is 17.8. The van der Waals surface area contributed by atoms with Crippen molar-refractivity contribution in [3.8, 4) is 0 Å². The summed E-state index contributed by atoms with van der Waals surface area (Å²) >= 11 is 0. The maximum atomic E-state index is 12.8. The van der Waals surface area contributed by atoms with Gasteiger partial charge >= 0.3 is 6.18 Å². The molecule has 1 saturated carbocycles. The second-order valence-corrected chi connectivity index (χ2v) is 6.92. The Morgan fingerprint density at radius 1 is 1.29 bits per heavy atom. The molecule has 0 unspecified atom stereocenters. The van der Waals surface area contributed by atoms with E-state index < -0.39 is 17.7 Å². The monoisotopic (exact) mass is 347 g/mol. The van der Waals surface area contributed by atoms with Crippen molar-refractivity contribution in [1.82, 2.24) is 15.1 Å². The number of aromatic nitrogens is 2. The fourth-order valence-electron chi connectivity index (χ4n) is 3.49. The van der Waals surface area contributed by atoms with Gasteiger partial charge in [0.1, 0.15) is 0 Å². The van der Waals surface area contributed by atoms with E-state index in [0.29, 0.717) is 31.5 Å². The van der Waals surface area contributed by atoms with Crippen LogP contribution in [0.15, 0.2) is 4.42 Å². The summed E-state index contributed by atoms with van der Waals surface area (Å²) in [5.41, 5.74) is -3.54. The van der Waals surface area contributed by atoms with Crippen LogP contribution in [0.25, 0.3) is 0 Å². The normalized spacial score (nSPS) is 23.8. The maximum absolute atomic E-state index is 12.8. The summed E-state index contributed by atoms with van der Waals surface area (Å²) < 4.78 is 44.0. The van der Waals surface area contributed by atoms with E-state index in [9.17, 15) is 23.1 Å². The van der Waals surface area contributed by atoms with Gasteiger partial charge in [0.2, 0.25) is 17.4 Å². The smallest absolute Gasteiger partial charge is 0.425 e. The van der Waals surface area contributed by atoms with Crippen LogP contribution in [0, 0.1) is 12.8 Å². The molecule has 1 aromatic rings. The van der Waals surface area contributed by atoms with E-state index in [1.54, 1.807) is 6.92 Å². The fraction of sp³-hybridized carbons (Fsp3) is 0.800. The number of carbonyl (C=O) groups is 1. The largest absolute Gasteiger partial charge is 0.426 e. The van der Waals surface area contributed by atoms with Crippen molar-refractivity contribution in [1.29, 1.82) is 0 Å². The van der Waals surface area contributed by atoms with Crippen molar-refractivity contribution >= 4 is 5.91 Å². The van der Waals surface area contributed by atoms with Crippen molar-refractivity contribution in [2.45, 2.75) is 56.7 Å². The van der Waals surface area contributed by atoms with E-state index >= 15 is 0 Å². The quantitative estimate of drug-likeness (QED) is 0.904. The van der Waals surface area contributed by atoms with Gasteiger partial charge in [0, 0.05) is 20.0 Å². The van der Waals surface area contributed by atoms with Gasteiger partial charge in [-0.25, -0.2) is 0 Å². The van der Waals surface area contributed by atoms with E-state index in [1.165, 1.54) is 0 Å². The Balaban J connectivity index is 1.66. The van der Waals surface area contributed by atoms with Crippen molar-refractivity contribution in [2.75, 3.05) is 13.1 Å². The third-order valence-electron chi connectivity index (χ3n) is 5.27. The van der Waals surface area contributed by atoms with E-state index in [2.05, 4.69) is 10.2 Å². The molecule has 1 atom stereocenters. The number of rotatable bonds is 3. The molecule has 0 bridgehead atoms. The Bertz CT molecular complexity index is 629. The number of halogens is 3. The van der Waals surface area contributed by atoms with Crippen LogP contribution < -0.4 is 0 Å². The number of hydrogen-bond acceptors (Lipinski definition) is 5. The molecule has 24 heavy (non-hydrogen) atoms. The van der Waals surface area contributed by atoms with Crippen LogP contribution >= 0.6 is 0 Å². The van der Waals surface area contributed by atoms with Crippen LogP contribution in [0.2, 0.25) is 0 Å². The number of alkyl halides is 3. The minimum absolute atomic E-state index is 0.185. The summed E-state index contributed by atoms with van der Waals surface area (Å²) in [6.07, 6.45) is -2.05. The molecule has 3 rings (SSSR count). The Morgan fingerprint density at radius 2 is 1.88 bits per heavy atom. The summed E-state index contributed by atoms with van der Waals surface area (Å²) in [5, 5.41) is 17.5. The van der Waals surface area contributed by atoms with Gasteiger partial charge in [-0.1, -0.05) is 0 Å². The van der Waals surface area contributed by atoms with Gasteiger partial charge < -0.3 is 14.4 Å². The predicted molar refractivity (Wildman–Crippen MR) is 75.9 cm³/mol. The topological polar surface area (TPSA) is 79.5 Å². The number of piperidine rings is 1. The number of carbonyl (C=O) groups excluding carboxylic acids is 1. The molecular weight excluding hydrogens is 327 g/mol. The molecule has 1 aliphatic carbocycles. The van der Waals surface area contributed by atoms with E-state index in [0.717, 1.165) is 17.7 Å². The first kappa shape index (κ1) is 17.2. The molecule has 1 saturated heterocycles. The third-order valence-corrected chi connectivity index (χ3v) is 5.27. The van der Waals surface area contributed by atoms with Gasteiger partial charge in [-0.2, -0.15) is 13.2 Å². The fourth-order valence-corrected chi connectivity index (χ4v) is 3.49. The number of nitrogens with zero attached hydrogens (tertiary/aromatic N) is 3. The van der Waals surface area contributed by atoms with E-state index in [4.69, 9.17) is 4.42 Å². The number of likely N-dealkylation sites (tertiary alicyclic amines) is 1. The number of aliphatic hydroxyl groups is 1. The van der Waals surface area contributed by atoms with Crippen LogP contribution in [-0.2, 0) is 10.2 Å². The lowest BCUT2D eigenvalue weighted by Gasteiger charge is -2.38. The second kappa shape index (κ2) is 5.44. The number of aryl methyl sites for hydroxylation is 1. The minimum Gasteiger partial charge on any atom is -0.425 e. The molecule has 6 nitrogen and oxygen atoms in total. The van der Waals surface area contributed by atoms with E-state index in [-0.39, 0.29) is 24.4 Å². The average molecular weight is 347 g/mol. The molecule has 0 aromatic carbocycles. The molecule has 1 N–H and O–H groups in total. The first-order valence-electron chi connectivity index (χ1n) is 7.97. The molecule has 1 aromatic heterocycles. The first-order chi connectivity index (χ1) is 11.1. The average Bonchev–Trinajstić information content (AvgIpc) is 3.21. The minimum atomic E-state index is -4.99. The van der Waals surface area contributed by atoms with Gasteiger partial charge in [-0.05, 0) is 38.5 Å². The highest BCUT2D eigenvalue weighted by Crippen LogP contribution is 2.56. The highest BCUT2D eigenvalue weighted by molar-refractivity contribution is 5.85. The highest BCUT2D eigenvalue weighted by Gasteiger charge is 2.59. The Labute approximate surface area is 137 Å². The molecule has 2 aliphatic rings. The number of hydrogen-bond donors (Lipinski definition) is 1. The lowest BCUT2D eigenvalue weighted by molar-refractivity contribution is -0.250. The maximum Gasteiger partial charge on any atom is 0.426 e. The summed E-state index contributed by atoms with van der Waals surface area (Å²) in [6.45, 7) is 2.59. The Hall–Kier alpha value is -1.64. The number of amides is 1. The summed E-state index contributed by atoms with van der Waals surface area (Å²) in [4.78, 5) is 13.1. The molecule has 2 heterocycles. The molecular formula is C15H20F3N3O3. The first-order valence-corrected chi connectivity index (χ1v) is 7.97. The van der Waals surface area contributed by atoms with Gasteiger partial charge in [-0.15, -0.1) is 10.2 Å². The van der Waals surface area contributed by atoms with E-state index in [1.807, 2.05) is 0 Å². The van der Waals surface area contributed by atoms with Crippen LogP contribution in [0.3, 0.4) is 0 Å². The van der Waals surface area contributed by atoms with Crippen molar-refractivity contribution in [3.05, 3.63) is 11.8 Å². The van der Waals surface area contributed by atoms with Gasteiger partial charge in [0.25, 0.3) is 5.91 Å². The predicted octanol–water partition coefficient (Wildman–Crippen LogP) is 1.96. The molecule has 0 spiro atoms. The Morgan fingerprint density at radius 3 is 2.29 bits per heavy atom. The lowest BCUT2D eigenvalue weighted by atomic mass is 9.81.